The van der Waals surface area contributed by atoms with E-state index in [4.69, 9.17) is 14.0 Å². The van der Waals surface area contributed by atoms with Crippen molar-refractivity contribution in [3.05, 3.63) is 35.1 Å². The number of ether oxygens (including phenoxy) is 2. The van der Waals surface area contributed by atoms with Crippen molar-refractivity contribution in [1.29, 1.82) is 0 Å². The van der Waals surface area contributed by atoms with Crippen LogP contribution in [-0.4, -0.2) is 42.0 Å². The Morgan fingerprint density at radius 3 is 2.71 bits per heavy atom. The zero-order valence-electron chi connectivity index (χ0n) is 13.7. The Balaban J connectivity index is 1.86. The molecule has 24 heavy (non-hydrogen) atoms. The van der Waals surface area contributed by atoms with Crippen molar-refractivity contribution < 1.29 is 23.9 Å². The second kappa shape index (κ2) is 6.40. The third kappa shape index (κ3) is 2.88. The fraction of sp³-hybridized carbons (Fsp3) is 0.375. The normalized spacial score (nSPS) is 16.5. The van der Waals surface area contributed by atoms with Crippen LogP contribution >= 0.6 is 0 Å². The minimum atomic E-state index is -0.872. The summed E-state index contributed by atoms with van der Waals surface area (Å²) >= 11 is 0. The molecule has 2 N–H and O–H groups in total. The zero-order chi connectivity index (χ0) is 17.3. The molecule has 1 aromatic carbocycles. The molecule has 1 aliphatic heterocycles. The maximum atomic E-state index is 12.4. The molecule has 0 aliphatic carbocycles. The molecule has 0 saturated heterocycles. The monoisotopic (exact) mass is 333 g/mol. The van der Waals surface area contributed by atoms with Gasteiger partial charge in [-0.2, -0.15) is 0 Å². The molecule has 2 heterocycles. The lowest BCUT2D eigenvalue weighted by atomic mass is 9.95. The second-order valence-corrected chi connectivity index (χ2v) is 5.51. The highest BCUT2D eigenvalue weighted by Crippen LogP contribution is 2.39. The number of methoxy groups -OCH3 is 2. The van der Waals surface area contributed by atoms with Crippen molar-refractivity contribution in [1.82, 2.24) is 10.1 Å². The number of aryl methyl sites for hydroxylation is 1. The smallest absolute Gasteiger partial charge is 0.323 e. The van der Waals surface area contributed by atoms with Gasteiger partial charge in [-0.05, 0) is 19.1 Å². The number of aliphatic hydroxyl groups is 1. The molecular weight excluding hydrogens is 314 g/mol. The van der Waals surface area contributed by atoms with Gasteiger partial charge in [-0.3, -0.25) is 5.32 Å². The minimum Gasteiger partial charge on any atom is -0.496 e. The first-order valence-corrected chi connectivity index (χ1v) is 7.44. The molecule has 1 aromatic heterocycles. The van der Waals surface area contributed by atoms with Crippen LogP contribution in [0.5, 0.6) is 11.5 Å². The van der Waals surface area contributed by atoms with Crippen LogP contribution in [-0.2, 0) is 6.54 Å². The number of hydrogen-bond acceptors (Lipinski definition) is 6. The van der Waals surface area contributed by atoms with Crippen molar-refractivity contribution in [2.45, 2.75) is 19.6 Å². The number of nitrogens with zero attached hydrogens (tertiary/aromatic N) is 2. The van der Waals surface area contributed by atoms with Crippen LogP contribution in [0.2, 0.25) is 0 Å². The third-order valence-corrected chi connectivity index (χ3v) is 3.94. The third-order valence-electron chi connectivity index (χ3n) is 3.94. The van der Waals surface area contributed by atoms with E-state index in [0.717, 1.165) is 5.56 Å². The Bertz CT molecular complexity index is 758. The molecule has 1 aliphatic rings. The van der Waals surface area contributed by atoms with E-state index in [9.17, 15) is 9.90 Å². The van der Waals surface area contributed by atoms with E-state index in [-0.39, 0.29) is 19.1 Å². The average molecular weight is 333 g/mol. The van der Waals surface area contributed by atoms with Crippen molar-refractivity contribution >= 4 is 11.8 Å². The fourth-order valence-corrected chi connectivity index (χ4v) is 2.84. The molecule has 0 radical (unpaired) electrons. The van der Waals surface area contributed by atoms with Gasteiger partial charge in [0, 0.05) is 17.2 Å². The highest BCUT2D eigenvalue weighted by molar-refractivity contribution is 5.88. The first-order valence-electron chi connectivity index (χ1n) is 7.44. The van der Waals surface area contributed by atoms with Crippen LogP contribution in [0, 0.1) is 6.92 Å². The van der Waals surface area contributed by atoms with Crippen molar-refractivity contribution in [2.24, 2.45) is 0 Å². The number of fused-ring (bicyclic) bond motifs is 1. The first kappa shape index (κ1) is 16.1. The Kier molecular flexibility index (Phi) is 4.30. The van der Waals surface area contributed by atoms with Gasteiger partial charge in [0.25, 0.3) is 0 Å². The average Bonchev–Trinajstić information content (AvgIpc) is 2.98. The predicted molar refractivity (Wildman–Crippen MR) is 85.2 cm³/mol. The fourth-order valence-electron chi connectivity index (χ4n) is 2.84. The number of amides is 2. The molecular formula is C16H19N3O5. The maximum absolute atomic E-state index is 12.4. The van der Waals surface area contributed by atoms with Gasteiger partial charge in [0.05, 0.1) is 27.3 Å². The maximum Gasteiger partial charge on any atom is 0.323 e. The zero-order valence-corrected chi connectivity index (χ0v) is 13.7. The molecule has 3 rings (SSSR count). The Morgan fingerprint density at radius 1 is 1.38 bits per heavy atom. The summed E-state index contributed by atoms with van der Waals surface area (Å²) in [7, 11) is 3.09. The number of carbonyl (C=O) groups excluding carboxylic acids is 1. The number of hydrogen-bond donors (Lipinski definition) is 2. The van der Waals surface area contributed by atoms with E-state index >= 15 is 0 Å². The van der Waals surface area contributed by atoms with Gasteiger partial charge in [-0.25, -0.2) is 4.79 Å². The van der Waals surface area contributed by atoms with Gasteiger partial charge in [-0.1, -0.05) is 5.16 Å². The van der Waals surface area contributed by atoms with Crippen LogP contribution < -0.4 is 14.8 Å². The molecule has 1 atom stereocenters. The van der Waals surface area contributed by atoms with Gasteiger partial charge >= 0.3 is 6.03 Å². The molecule has 0 unspecified atom stereocenters. The molecule has 128 valence electrons. The summed E-state index contributed by atoms with van der Waals surface area (Å²) < 4.78 is 15.6. The van der Waals surface area contributed by atoms with Crippen LogP contribution in [0.4, 0.5) is 10.6 Å². The number of rotatable bonds is 3. The van der Waals surface area contributed by atoms with E-state index in [1.54, 1.807) is 39.3 Å². The van der Waals surface area contributed by atoms with E-state index in [2.05, 4.69) is 10.5 Å². The molecule has 0 fully saturated rings. The van der Waals surface area contributed by atoms with Crippen LogP contribution in [0.1, 0.15) is 23.0 Å². The van der Waals surface area contributed by atoms with Gasteiger partial charge in [0.2, 0.25) is 0 Å². The Morgan fingerprint density at radius 2 is 2.08 bits per heavy atom. The predicted octanol–water partition coefficient (Wildman–Crippen LogP) is 2.08. The topological polar surface area (TPSA) is 97.1 Å². The van der Waals surface area contributed by atoms with Crippen molar-refractivity contribution in [2.75, 3.05) is 26.1 Å². The lowest BCUT2D eigenvalue weighted by molar-refractivity contribution is 0.105. The number of carbonyl (C=O) groups is 1. The standard InChI is InChI=1S/C16H19N3O5/c1-9-6-14(18-24-9)17-16(21)19-7-10-12(22-2)4-5-13(23-3)15(10)11(20)8-19/h4-6,11,20H,7-8H2,1-3H3,(H,17,18,21)/t11-/m0/s1. The Hall–Kier alpha value is -2.74. The van der Waals surface area contributed by atoms with Crippen molar-refractivity contribution in [3.63, 3.8) is 0 Å². The number of aliphatic hydroxyl groups excluding tert-OH is 1. The van der Waals surface area contributed by atoms with Crippen LogP contribution in [0.3, 0.4) is 0 Å². The Labute approximate surface area is 138 Å². The summed E-state index contributed by atoms with van der Waals surface area (Å²) in [6, 6.07) is 4.75. The summed E-state index contributed by atoms with van der Waals surface area (Å²) in [5, 5.41) is 16.9. The minimum absolute atomic E-state index is 0.138. The van der Waals surface area contributed by atoms with Crippen LogP contribution in [0.25, 0.3) is 0 Å². The number of nitrogens with one attached hydrogen (secondary N) is 1. The molecule has 2 amide bonds. The quantitative estimate of drug-likeness (QED) is 0.892. The van der Waals surface area contributed by atoms with E-state index in [1.807, 2.05) is 0 Å². The van der Waals surface area contributed by atoms with Gasteiger partial charge in [0.15, 0.2) is 5.82 Å². The summed E-state index contributed by atoms with van der Waals surface area (Å²) in [5.41, 5.74) is 1.38. The number of urea groups is 1. The first-order chi connectivity index (χ1) is 11.5. The van der Waals surface area contributed by atoms with Gasteiger partial charge in [0.1, 0.15) is 23.4 Å². The van der Waals surface area contributed by atoms with Crippen molar-refractivity contribution in [3.8, 4) is 11.5 Å². The van der Waals surface area contributed by atoms with E-state index < -0.39 is 6.10 Å². The van der Waals surface area contributed by atoms with Gasteiger partial charge < -0.3 is 24.0 Å². The molecule has 0 saturated carbocycles. The molecule has 8 nitrogen and oxygen atoms in total. The highest BCUT2D eigenvalue weighted by Gasteiger charge is 2.32. The number of anilines is 1. The highest BCUT2D eigenvalue weighted by atomic mass is 16.5. The lowest BCUT2D eigenvalue weighted by Crippen LogP contribution is -2.41. The summed E-state index contributed by atoms with van der Waals surface area (Å²) in [6.45, 7) is 2.16. The summed E-state index contributed by atoms with van der Waals surface area (Å²) in [4.78, 5) is 13.9. The van der Waals surface area contributed by atoms with E-state index in [1.165, 1.54) is 4.90 Å². The van der Waals surface area contributed by atoms with Gasteiger partial charge in [-0.15, -0.1) is 0 Å². The summed E-state index contributed by atoms with van der Waals surface area (Å²) in [6.07, 6.45) is -0.872. The molecule has 0 spiro atoms. The SMILES string of the molecule is COc1ccc(OC)c2c1CN(C(=O)Nc1cc(C)on1)C[C@@H]2O. The second-order valence-electron chi connectivity index (χ2n) is 5.51. The number of benzene rings is 1. The number of aromatic nitrogens is 1. The lowest BCUT2D eigenvalue weighted by Gasteiger charge is -2.33. The molecule has 8 heteroatoms. The summed E-state index contributed by atoms with van der Waals surface area (Å²) in [5.74, 6) is 2.10. The van der Waals surface area contributed by atoms with Crippen LogP contribution in [0.15, 0.2) is 22.7 Å². The number of β-amino-alcohol motifs (C(OH)–C–C–N with tert-alkyl or cyclic N) is 1. The molecule has 2 aromatic rings. The molecule has 0 bridgehead atoms. The van der Waals surface area contributed by atoms with E-state index in [0.29, 0.717) is 28.6 Å². The largest absolute Gasteiger partial charge is 0.496 e.